The summed E-state index contributed by atoms with van der Waals surface area (Å²) in [6.07, 6.45) is 3.34. The van der Waals surface area contributed by atoms with Crippen LogP contribution in [-0.4, -0.2) is 51.9 Å². The van der Waals surface area contributed by atoms with Gasteiger partial charge in [-0.1, -0.05) is 13.8 Å². The highest BCUT2D eigenvalue weighted by molar-refractivity contribution is 7.17. The predicted octanol–water partition coefficient (Wildman–Crippen LogP) is 1.98. The monoisotopic (exact) mass is 319 g/mol. The van der Waals surface area contributed by atoms with E-state index >= 15 is 0 Å². The molecule has 0 radical (unpaired) electrons. The van der Waals surface area contributed by atoms with Crippen molar-refractivity contribution in [2.45, 2.75) is 20.8 Å². The molecular weight excluding hydrogens is 298 g/mol. The highest BCUT2D eigenvalue weighted by Gasteiger charge is 2.17. The molecule has 0 bridgehead atoms. The molecular formula is C15H21N5OS. The van der Waals surface area contributed by atoms with Crippen LogP contribution in [0.3, 0.4) is 0 Å². The number of aromatic nitrogens is 3. The molecule has 1 N–H and O–H groups in total. The SMILES string of the molecule is CCN(CC)CCNC(=O)c1sc(-c2ncccn2)nc1C. The van der Waals surface area contributed by atoms with Crippen LogP contribution < -0.4 is 5.32 Å². The summed E-state index contributed by atoms with van der Waals surface area (Å²) in [7, 11) is 0. The molecule has 0 aliphatic rings. The van der Waals surface area contributed by atoms with Crippen molar-refractivity contribution in [3.8, 4) is 10.8 Å². The Labute approximate surface area is 134 Å². The van der Waals surface area contributed by atoms with Crippen LogP contribution in [0.4, 0.5) is 0 Å². The van der Waals surface area contributed by atoms with Crippen molar-refractivity contribution < 1.29 is 4.79 Å². The highest BCUT2D eigenvalue weighted by Crippen LogP contribution is 2.24. The van der Waals surface area contributed by atoms with Crippen molar-refractivity contribution >= 4 is 17.2 Å². The van der Waals surface area contributed by atoms with Gasteiger partial charge in [-0.15, -0.1) is 11.3 Å². The summed E-state index contributed by atoms with van der Waals surface area (Å²) in [6, 6.07) is 1.75. The van der Waals surface area contributed by atoms with Crippen LogP contribution in [0.15, 0.2) is 18.5 Å². The lowest BCUT2D eigenvalue weighted by atomic mass is 10.3. The molecule has 0 unspecified atom stereocenters. The van der Waals surface area contributed by atoms with E-state index in [1.807, 2.05) is 6.92 Å². The van der Waals surface area contributed by atoms with Crippen LogP contribution in [0.5, 0.6) is 0 Å². The first-order chi connectivity index (χ1) is 10.7. The number of likely N-dealkylation sites (N-methyl/N-ethyl adjacent to an activating group) is 1. The summed E-state index contributed by atoms with van der Waals surface area (Å²) in [6.45, 7) is 9.53. The summed E-state index contributed by atoms with van der Waals surface area (Å²) in [5, 5.41) is 3.63. The van der Waals surface area contributed by atoms with Crippen LogP contribution in [0.25, 0.3) is 10.8 Å². The highest BCUT2D eigenvalue weighted by atomic mass is 32.1. The molecule has 2 aromatic heterocycles. The van der Waals surface area contributed by atoms with Crippen molar-refractivity contribution in [1.82, 2.24) is 25.2 Å². The summed E-state index contributed by atoms with van der Waals surface area (Å²) < 4.78 is 0. The van der Waals surface area contributed by atoms with Gasteiger partial charge in [-0.2, -0.15) is 0 Å². The van der Waals surface area contributed by atoms with Gasteiger partial charge < -0.3 is 10.2 Å². The van der Waals surface area contributed by atoms with Crippen molar-refractivity contribution in [1.29, 1.82) is 0 Å². The van der Waals surface area contributed by atoms with Gasteiger partial charge in [0.15, 0.2) is 10.8 Å². The zero-order valence-corrected chi connectivity index (χ0v) is 14.0. The lowest BCUT2D eigenvalue weighted by molar-refractivity contribution is 0.0952. The van der Waals surface area contributed by atoms with E-state index < -0.39 is 0 Å². The van der Waals surface area contributed by atoms with Crippen molar-refractivity contribution in [3.05, 3.63) is 29.0 Å². The fraction of sp³-hybridized carbons (Fsp3) is 0.467. The molecule has 0 spiro atoms. The molecule has 7 heteroatoms. The van der Waals surface area contributed by atoms with E-state index in [2.05, 4.69) is 39.0 Å². The Hall–Kier alpha value is -1.86. The molecule has 2 rings (SSSR count). The fourth-order valence-electron chi connectivity index (χ4n) is 2.06. The maximum Gasteiger partial charge on any atom is 0.263 e. The second-order valence-corrected chi connectivity index (χ2v) is 5.79. The van der Waals surface area contributed by atoms with Crippen molar-refractivity contribution in [2.24, 2.45) is 0 Å². The first kappa shape index (κ1) is 16.5. The minimum atomic E-state index is -0.0793. The Morgan fingerprint density at radius 1 is 1.27 bits per heavy atom. The van der Waals surface area contributed by atoms with Gasteiger partial charge in [0, 0.05) is 25.5 Å². The normalized spacial score (nSPS) is 10.9. The summed E-state index contributed by atoms with van der Waals surface area (Å²) >= 11 is 1.33. The topological polar surface area (TPSA) is 71.0 Å². The number of nitrogens with zero attached hydrogens (tertiary/aromatic N) is 4. The smallest absolute Gasteiger partial charge is 0.263 e. The van der Waals surface area contributed by atoms with Gasteiger partial charge in [0.05, 0.1) is 5.69 Å². The Morgan fingerprint density at radius 2 is 1.95 bits per heavy atom. The number of nitrogens with one attached hydrogen (secondary N) is 1. The van der Waals surface area contributed by atoms with E-state index in [1.54, 1.807) is 18.5 Å². The number of rotatable bonds is 7. The van der Waals surface area contributed by atoms with E-state index in [9.17, 15) is 4.79 Å². The van der Waals surface area contributed by atoms with Crippen LogP contribution in [0.2, 0.25) is 0 Å². The standard InChI is InChI=1S/C15H21N5OS/c1-4-20(5-2)10-9-18-14(21)12-11(3)19-15(22-12)13-16-7-6-8-17-13/h6-8H,4-5,9-10H2,1-3H3,(H,18,21). The molecule has 1 amide bonds. The van der Waals surface area contributed by atoms with Gasteiger partial charge in [-0.3, -0.25) is 4.79 Å². The van der Waals surface area contributed by atoms with Crippen LogP contribution in [0, 0.1) is 6.92 Å². The molecule has 0 aliphatic carbocycles. The lowest BCUT2D eigenvalue weighted by Gasteiger charge is -2.17. The van der Waals surface area contributed by atoms with Crippen molar-refractivity contribution in [3.63, 3.8) is 0 Å². The number of thiazole rings is 1. The minimum Gasteiger partial charge on any atom is -0.350 e. The first-order valence-corrected chi connectivity index (χ1v) is 8.22. The quantitative estimate of drug-likeness (QED) is 0.845. The second kappa shape index (κ2) is 7.95. The summed E-state index contributed by atoms with van der Waals surface area (Å²) in [5.74, 6) is 0.474. The van der Waals surface area contributed by atoms with E-state index in [4.69, 9.17) is 0 Å². The van der Waals surface area contributed by atoms with E-state index in [0.717, 1.165) is 19.6 Å². The van der Waals surface area contributed by atoms with Gasteiger partial charge in [0.25, 0.3) is 5.91 Å². The molecule has 0 atom stereocenters. The summed E-state index contributed by atoms with van der Waals surface area (Å²) in [4.78, 5) is 27.9. The molecule has 6 nitrogen and oxygen atoms in total. The predicted molar refractivity (Wildman–Crippen MR) is 88.0 cm³/mol. The molecule has 0 aliphatic heterocycles. The number of carbonyl (C=O) groups is 1. The van der Waals surface area contributed by atoms with Crippen LogP contribution >= 0.6 is 11.3 Å². The number of carbonyl (C=O) groups excluding carboxylic acids is 1. The van der Waals surface area contributed by atoms with Crippen molar-refractivity contribution in [2.75, 3.05) is 26.2 Å². The Morgan fingerprint density at radius 3 is 2.59 bits per heavy atom. The Kier molecular flexibility index (Phi) is 5.97. The van der Waals surface area contributed by atoms with Gasteiger partial charge in [0.2, 0.25) is 0 Å². The molecule has 118 valence electrons. The molecule has 2 heterocycles. The second-order valence-electron chi connectivity index (χ2n) is 4.79. The molecule has 0 aromatic carbocycles. The van der Waals surface area contributed by atoms with Crippen LogP contribution in [-0.2, 0) is 0 Å². The molecule has 2 aromatic rings. The average molecular weight is 319 g/mol. The van der Waals surface area contributed by atoms with E-state index in [1.165, 1.54) is 11.3 Å². The maximum absolute atomic E-state index is 12.3. The largest absolute Gasteiger partial charge is 0.350 e. The number of amides is 1. The van der Waals surface area contributed by atoms with Gasteiger partial charge in [-0.05, 0) is 26.1 Å². The lowest BCUT2D eigenvalue weighted by Crippen LogP contribution is -2.34. The molecule has 0 saturated carbocycles. The third kappa shape index (κ3) is 4.08. The zero-order valence-electron chi connectivity index (χ0n) is 13.2. The molecule has 0 fully saturated rings. The first-order valence-electron chi connectivity index (χ1n) is 7.41. The fourth-order valence-corrected chi connectivity index (χ4v) is 2.99. The molecule has 0 saturated heterocycles. The number of hydrogen-bond donors (Lipinski definition) is 1. The average Bonchev–Trinajstić information content (AvgIpc) is 2.94. The van der Waals surface area contributed by atoms with E-state index in [0.29, 0.717) is 27.9 Å². The maximum atomic E-state index is 12.3. The summed E-state index contributed by atoms with van der Waals surface area (Å²) in [5.41, 5.74) is 0.716. The van der Waals surface area contributed by atoms with Crippen LogP contribution in [0.1, 0.15) is 29.2 Å². The van der Waals surface area contributed by atoms with Gasteiger partial charge in [-0.25, -0.2) is 15.0 Å². The minimum absolute atomic E-state index is 0.0793. The van der Waals surface area contributed by atoms with Gasteiger partial charge >= 0.3 is 0 Å². The third-order valence-electron chi connectivity index (χ3n) is 3.37. The Bertz CT molecular complexity index is 610. The van der Waals surface area contributed by atoms with E-state index in [-0.39, 0.29) is 5.91 Å². The zero-order chi connectivity index (χ0) is 15.9. The Balaban J connectivity index is 2.00. The number of hydrogen-bond acceptors (Lipinski definition) is 6. The van der Waals surface area contributed by atoms with Gasteiger partial charge in [0.1, 0.15) is 4.88 Å². The number of aryl methyl sites for hydroxylation is 1. The molecule has 22 heavy (non-hydrogen) atoms. The third-order valence-corrected chi connectivity index (χ3v) is 4.52.